The molecule has 106 valence electrons. The van der Waals surface area contributed by atoms with E-state index in [1.54, 1.807) is 0 Å². The molecule has 3 nitrogen and oxygen atoms in total. The molecule has 0 saturated carbocycles. The molecule has 1 aromatic rings. The maximum atomic E-state index is 11.6. The summed E-state index contributed by atoms with van der Waals surface area (Å²) in [6.07, 6.45) is 3.38. The Labute approximate surface area is 121 Å². The van der Waals surface area contributed by atoms with Crippen LogP contribution in [0.25, 0.3) is 5.57 Å². The summed E-state index contributed by atoms with van der Waals surface area (Å²) < 4.78 is 0.428. The lowest BCUT2D eigenvalue weighted by Crippen LogP contribution is -2.23. The second kappa shape index (κ2) is 7.56. The van der Waals surface area contributed by atoms with Crippen LogP contribution >= 0.6 is 12.2 Å². The molecule has 19 heavy (non-hydrogen) atoms. The molecule has 1 N–H and O–H groups in total. The van der Waals surface area contributed by atoms with Crippen LogP contribution in [-0.4, -0.2) is 31.6 Å². The van der Waals surface area contributed by atoms with E-state index in [-0.39, 0.29) is 5.43 Å². The molecule has 0 aliphatic rings. The van der Waals surface area contributed by atoms with Crippen molar-refractivity contribution < 1.29 is 0 Å². The van der Waals surface area contributed by atoms with Gasteiger partial charge in [0.05, 0.1) is 10.2 Å². The quantitative estimate of drug-likeness (QED) is 0.556. The predicted molar refractivity (Wildman–Crippen MR) is 86.1 cm³/mol. The fourth-order valence-electron chi connectivity index (χ4n) is 2.18. The van der Waals surface area contributed by atoms with Gasteiger partial charge in [0.1, 0.15) is 0 Å². The minimum Gasteiger partial charge on any atom is -0.381 e. The van der Waals surface area contributed by atoms with Gasteiger partial charge in [0.2, 0.25) is 5.43 Å². The van der Waals surface area contributed by atoms with Crippen LogP contribution in [0.4, 0.5) is 5.69 Å². The van der Waals surface area contributed by atoms with Crippen LogP contribution in [0.5, 0.6) is 0 Å². The summed E-state index contributed by atoms with van der Waals surface area (Å²) in [4.78, 5) is 14.0. The van der Waals surface area contributed by atoms with E-state index in [0.717, 1.165) is 43.6 Å². The first-order chi connectivity index (χ1) is 8.99. The van der Waals surface area contributed by atoms with Gasteiger partial charge in [0, 0.05) is 12.1 Å². The Morgan fingerprint density at radius 3 is 2.63 bits per heavy atom. The normalized spacial score (nSPS) is 11.2. The Morgan fingerprint density at radius 2 is 2.05 bits per heavy atom. The third-order valence-electron chi connectivity index (χ3n) is 3.21. The zero-order valence-electron chi connectivity index (χ0n) is 12.2. The summed E-state index contributed by atoms with van der Waals surface area (Å²) in [5, 5.41) is 3.20. The lowest BCUT2D eigenvalue weighted by Gasteiger charge is -2.16. The van der Waals surface area contributed by atoms with Crippen LogP contribution in [0.2, 0.25) is 0 Å². The predicted octanol–water partition coefficient (Wildman–Crippen LogP) is 3.22. The van der Waals surface area contributed by atoms with Gasteiger partial charge in [-0.2, -0.15) is 0 Å². The van der Waals surface area contributed by atoms with Gasteiger partial charge in [-0.25, -0.2) is 0 Å². The van der Waals surface area contributed by atoms with Crippen molar-refractivity contribution in [3.05, 3.63) is 26.9 Å². The highest BCUT2D eigenvalue weighted by Crippen LogP contribution is 2.23. The van der Waals surface area contributed by atoms with Gasteiger partial charge >= 0.3 is 0 Å². The van der Waals surface area contributed by atoms with E-state index in [2.05, 4.69) is 30.8 Å². The van der Waals surface area contributed by atoms with Crippen molar-refractivity contribution in [2.75, 3.05) is 32.0 Å². The number of hydrogen-bond acceptors (Lipinski definition) is 4. The van der Waals surface area contributed by atoms with Gasteiger partial charge in [-0.3, -0.25) is 4.79 Å². The number of rotatable bonds is 9. The largest absolute Gasteiger partial charge is 0.381 e. The minimum absolute atomic E-state index is 0.0314. The first kappa shape index (κ1) is 16.1. The number of anilines is 1. The third-order valence-corrected chi connectivity index (χ3v) is 3.60. The smallest absolute Gasteiger partial charge is 0.220 e. The summed E-state index contributed by atoms with van der Waals surface area (Å²) in [7, 11) is 2.15. The summed E-state index contributed by atoms with van der Waals surface area (Å²) in [5.41, 5.74) is 2.35. The van der Waals surface area contributed by atoms with Crippen molar-refractivity contribution >= 4 is 23.5 Å². The number of hydrogen-bond donors (Lipinski definition) is 1. The van der Waals surface area contributed by atoms with E-state index in [1.807, 2.05) is 6.92 Å². The van der Waals surface area contributed by atoms with Gasteiger partial charge in [-0.05, 0) is 51.9 Å². The highest BCUT2D eigenvalue weighted by atomic mass is 32.1. The summed E-state index contributed by atoms with van der Waals surface area (Å²) >= 11 is 5.03. The van der Waals surface area contributed by atoms with Crippen LogP contribution in [-0.2, 0) is 0 Å². The Kier molecular flexibility index (Phi) is 6.38. The number of allylic oxidation sites excluding steroid dienone is 1. The molecule has 0 spiro atoms. The Bertz CT molecular complexity index is 500. The summed E-state index contributed by atoms with van der Waals surface area (Å²) in [6, 6.07) is 0. The monoisotopic (exact) mass is 280 g/mol. The van der Waals surface area contributed by atoms with E-state index in [9.17, 15) is 4.79 Å². The maximum absolute atomic E-state index is 11.6. The average Bonchev–Trinajstić information content (AvgIpc) is 2.36. The molecule has 0 radical (unpaired) electrons. The average molecular weight is 280 g/mol. The van der Waals surface area contributed by atoms with Crippen LogP contribution in [0, 0.1) is 4.51 Å². The summed E-state index contributed by atoms with van der Waals surface area (Å²) in [6.45, 7) is 11.0. The molecule has 0 fully saturated rings. The summed E-state index contributed by atoms with van der Waals surface area (Å²) in [5.74, 6) is 0. The van der Waals surface area contributed by atoms with Crippen molar-refractivity contribution in [1.29, 1.82) is 0 Å². The zero-order chi connectivity index (χ0) is 14.4. The van der Waals surface area contributed by atoms with Gasteiger partial charge in [-0.1, -0.05) is 25.7 Å². The van der Waals surface area contributed by atoms with Crippen molar-refractivity contribution in [1.82, 2.24) is 4.90 Å². The first-order valence-corrected chi connectivity index (χ1v) is 7.31. The fraction of sp³-hybridized carbons (Fsp3) is 0.600. The van der Waals surface area contributed by atoms with Crippen LogP contribution < -0.4 is 10.7 Å². The van der Waals surface area contributed by atoms with Crippen molar-refractivity contribution in [2.24, 2.45) is 0 Å². The van der Waals surface area contributed by atoms with Gasteiger partial charge < -0.3 is 10.2 Å². The molecule has 4 heteroatoms. The molecule has 1 aromatic carbocycles. The van der Waals surface area contributed by atoms with Gasteiger partial charge in [-0.15, -0.1) is 0 Å². The Hall–Kier alpha value is -1.00. The highest BCUT2D eigenvalue weighted by Gasteiger charge is 2.17. The lowest BCUT2D eigenvalue weighted by atomic mass is 10.0. The van der Waals surface area contributed by atoms with Crippen LogP contribution in [0.1, 0.15) is 38.7 Å². The van der Waals surface area contributed by atoms with Gasteiger partial charge in [0.25, 0.3) is 0 Å². The molecule has 0 amide bonds. The van der Waals surface area contributed by atoms with Crippen LogP contribution in [0.15, 0.2) is 11.4 Å². The second-order valence-electron chi connectivity index (χ2n) is 5.13. The van der Waals surface area contributed by atoms with Crippen molar-refractivity contribution in [3.8, 4) is 0 Å². The van der Waals surface area contributed by atoms with Gasteiger partial charge in [0.15, 0.2) is 0 Å². The first-order valence-electron chi connectivity index (χ1n) is 6.90. The molecule has 0 aliphatic heterocycles. The molecule has 0 aromatic heterocycles. The molecule has 0 unspecified atom stereocenters. The molecular formula is C15H24N2OS. The minimum atomic E-state index is -0.0314. The second-order valence-corrected chi connectivity index (χ2v) is 5.53. The van der Waals surface area contributed by atoms with Crippen molar-refractivity contribution in [3.63, 3.8) is 0 Å². The van der Waals surface area contributed by atoms with E-state index in [0.29, 0.717) is 10.2 Å². The molecular weight excluding hydrogens is 256 g/mol. The number of unbranched alkanes of at least 4 members (excludes halogenated alkanes) is 1. The number of nitrogens with zero attached hydrogens (tertiary/aromatic N) is 1. The lowest BCUT2D eigenvalue weighted by molar-refractivity contribution is 0.328. The standard InChI is InChI=1S/C15H24N2OS/c1-5-9-17(4)10-7-6-8-16-13-12(11(2)3)15(19)14(13)18/h16H,2,5-10H2,1,3-4H3. The maximum Gasteiger partial charge on any atom is 0.220 e. The molecule has 1 rings (SSSR count). The number of nitrogens with one attached hydrogen (secondary N) is 1. The zero-order valence-corrected chi connectivity index (χ0v) is 13.0. The van der Waals surface area contributed by atoms with Crippen LogP contribution in [0.3, 0.4) is 0 Å². The van der Waals surface area contributed by atoms with E-state index in [4.69, 9.17) is 12.2 Å². The van der Waals surface area contributed by atoms with E-state index >= 15 is 0 Å². The molecule has 0 aliphatic carbocycles. The molecule has 0 saturated heterocycles. The topological polar surface area (TPSA) is 32.3 Å². The van der Waals surface area contributed by atoms with E-state index < -0.39 is 0 Å². The van der Waals surface area contributed by atoms with Crippen molar-refractivity contribution in [2.45, 2.75) is 33.1 Å². The Morgan fingerprint density at radius 1 is 1.37 bits per heavy atom. The molecule has 0 atom stereocenters. The van der Waals surface area contributed by atoms with E-state index in [1.165, 1.54) is 6.42 Å². The Balaban J connectivity index is 2.31. The fourth-order valence-corrected chi connectivity index (χ4v) is 2.56. The SMILES string of the molecule is C=C(C)c1c(NCCCCN(C)CCC)c(=O)c1=S. The highest BCUT2D eigenvalue weighted by molar-refractivity contribution is 7.71. The third kappa shape index (κ3) is 4.25. The molecule has 0 bridgehead atoms. The molecule has 0 heterocycles.